The van der Waals surface area contributed by atoms with Gasteiger partial charge in [0.1, 0.15) is 5.82 Å². The molecule has 2 aliphatic rings. The van der Waals surface area contributed by atoms with Gasteiger partial charge in [0.25, 0.3) is 5.56 Å². The zero-order chi connectivity index (χ0) is 14.3. The van der Waals surface area contributed by atoms with Crippen LogP contribution in [0.4, 0.5) is 0 Å². The first-order chi connectivity index (χ1) is 9.56. The van der Waals surface area contributed by atoms with Gasteiger partial charge in [-0.2, -0.15) is 0 Å². The average molecular weight is 275 g/mol. The van der Waals surface area contributed by atoms with E-state index in [0.29, 0.717) is 5.82 Å². The van der Waals surface area contributed by atoms with Crippen molar-refractivity contribution in [3.05, 3.63) is 27.9 Å². The zero-order valence-corrected chi connectivity index (χ0v) is 12.1. The fourth-order valence-electron chi connectivity index (χ4n) is 2.83. The van der Waals surface area contributed by atoms with Gasteiger partial charge in [-0.3, -0.25) is 9.59 Å². The van der Waals surface area contributed by atoms with E-state index >= 15 is 0 Å². The van der Waals surface area contributed by atoms with Gasteiger partial charge in [-0.1, -0.05) is 13.8 Å². The number of H-pyrrole nitrogens is 1. The van der Waals surface area contributed by atoms with Gasteiger partial charge < -0.3 is 9.88 Å². The second-order valence-electron chi connectivity index (χ2n) is 6.17. The molecule has 1 aliphatic carbocycles. The van der Waals surface area contributed by atoms with Crippen LogP contribution in [0.1, 0.15) is 63.0 Å². The number of aromatic amines is 1. The summed E-state index contributed by atoms with van der Waals surface area (Å²) in [7, 11) is 0. The molecule has 1 N–H and O–H groups in total. The lowest BCUT2D eigenvalue weighted by Gasteiger charge is -2.24. The van der Waals surface area contributed by atoms with Crippen LogP contribution in [-0.4, -0.2) is 27.3 Å². The Bertz CT molecular complexity index is 575. The highest BCUT2D eigenvalue weighted by atomic mass is 16.2. The van der Waals surface area contributed by atoms with E-state index in [1.54, 1.807) is 6.07 Å². The molecule has 1 aromatic heterocycles. The fourth-order valence-corrected chi connectivity index (χ4v) is 2.83. The maximum atomic E-state index is 12.3. The quantitative estimate of drug-likeness (QED) is 0.917. The SMILES string of the molecule is CC(C)c1cc(=O)[nH]c([C@@H]2CCCN2C(=O)C2CC2)n1. The number of nitrogens with zero attached hydrogens (tertiary/aromatic N) is 2. The molecular formula is C15H21N3O2. The van der Waals surface area contributed by atoms with Crippen molar-refractivity contribution >= 4 is 5.91 Å². The highest BCUT2D eigenvalue weighted by Crippen LogP contribution is 2.37. The molecule has 0 spiro atoms. The number of carbonyl (C=O) groups excluding carboxylic acids is 1. The first-order valence-corrected chi connectivity index (χ1v) is 7.48. The molecule has 1 saturated heterocycles. The normalized spacial score (nSPS) is 22.6. The number of likely N-dealkylation sites (tertiary alicyclic amines) is 1. The van der Waals surface area contributed by atoms with E-state index in [9.17, 15) is 9.59 Å². The standard InChI is InChI=1S/C15H21N3O2/c1-9(2)11-8-13(19)17-14(16-11)12-4-3-7-18(12)15(20)10-5-6-10/h8-10,12H,3-7H2,1-2H3,(H,16,17,19)/t12-/m0/s1. The van der Waals surface area contributed by atoms with Gasteiger partial charge in [0, 0.05) is 18.5 Å². The fraction of sp³-hybridized carbons (Fsp3) is 0.667. The van der Waals surface area contributed by atoms with Gasteiger partial charge in [0.05, 0.1) is 11.7 Å². The summed E-state index contributed by atoms with van der Waals surface area (Å²) in [6.45, 7) is 4.83. The highest BCUT2D eigenvalue weighted by molar-refractivity contribution is 5.81. The maximum absolute atomic E-state index is 12.3. The van der Waals surface area contributed by atoms with Crippen LogP contribution in [0.5, 0.6) is 0 Å². The van der Waals surface area contributed by atoms with E-state index in [1.807, 2.05) is 18.7 Å². The zero-order valence-electron chi connectivity index (χ0n) is 12.1. The number of rotatable bonds is 3. The van der Waals surface area contributed by atoms with Crippen molar-refractivity contribution in [3.8, 4) is 0 Å². The predicted molar refractivity (Wildman–Crippen MR) is 75.4 cm³/mol. The van der Waals surface area contributed by atoms with Crippen LogP contribution in [0, 0.1) is 5.92 Å². The number of hydrogen-bond donors (Lipinski definition) is 1. The van der Waals surface area contributed by atoms with Crippen LogP contribution in [0.2, 0.25) is 0 Å². The summed E-state index contributed by atoms with van der Waals surface area (Å²) in [6.07, 6.45) is 3.90. The third-order valence-corrected chi connectivity index (χ3v) is 4.15. The molecule has 0 radical (unpaired) electrons. The molecule has 2 fully saturated rings. The first-order valence-electron chi connectivity index (χ1n) is 7.48. The van der Waals surface area contributed by atoms with Crippen molar-refractivity contribution in [2.75, 3.05) is 6.54 Å². The molecule has 0 unspecified atom stereocenters. The van der Waals surface area contributed by atoms with Crippen LogP contribution in [-0.2, 0) is 4.79 Å². The first kappa shape index (κ1) is 13.3. The van der Waals surface area contributed by atoms with Crippen molar-refractivity contribution in [2.24, 2.45) is 5.92 Å². The minimum atomic E-state index is -0.121. The lowest BCUT2D eigenvalue weighted by atomic mass is 10.1. The predicted octanol–water partition coefficient (Wildman–Crippen LogP) is 1.97. The Balaban J connectivity index is 1.90. The Morgan fingerprint density at radius 1 is 1.40 bits per heavy atom. The van der Waals surface area contributed by atoms with Crippen LogP contribution >= 0.6 is 0 Å². The summed E-state index contributed by atoms with van der Waals surface area (Å²) in [5.74, 6) is 1.33. The van der Waals surface area contributed by atoms with E-state index in [4.69, 9.17) is 0 Å². The maximum Gasteiger partial charge on any atom is 0.251 e. The highest BCUT2D eigenvalue weighted by Gasteiger charge is 2.39. The number of hydrogen-bond acceptors (Lipinski definition) is 3. The molecule has 0 aromatic carbocycles. The third-order valence-electron chi connectivity index (χ3n) is 4.15. The van der Waals surface area contributed by atoms with E-state index in [1.165, 1.54) is 0 Å². The Morgan fingerprint density at radius 2 is 2.15 bits per heavy atom. The third kappa shape index (κ3) is 2.49. The second-order valence-corrected chi connectivity index (χ2v) is 6.17. The van der Waals surface area contributed by atoms with E-state index in [0.717, 1.165) is 37.9 Å². The summed E-state index contributed by atoms with van der Waals surface area (Å²) in [5, 5.41) is 0. The average Bonchev–Trinajstić information content (AvgIpc) is 3.14. The van der Waals surface area contributed by atoms with Crippen LogP contribution < -0.4 is 5.56 Å². The van der Waals surface area contributed by atoms with Gasteiger partial charge in [0.2, 0.25) is 5.91 Å². The van der Waals surface area contributed by atoms with Gasteiger partial charge >= 0.3 is 0 Å². The van der Waals surface area contributed by atoms with Crippen molar-refractivity contribution in [1.29, 1.82) is 0 Å². The summed E-state index contributed by atoms with van der Waals surface area (Å²) in [4.78, 5) is 33.4. The number of nitrogens with one attached hydrogen (secondary N) is 1. The van der Waals surface area contributed by atoms with E-state index in [-0.39, 0.29) is 29.3 Å². The van der Waals surface area contributed by atoms with E-state index in [2.05, 4.69) is 9.97 Å². The monoisotopic (exact) mass is 275 g/mol. The molecule has 3 rings (SSSR count). The summed E-state index contributed by atoms with van der Waals surface area (Å²) < 4.78 is 0. The van der Waals surface area contributed by atoms with Gasteiger partial charge in [0.15, 0.2) is 0 Å². The Hall–Kier alpha value is -1.65. The van der Waals surface area contributed by atoms with Crippen molar-refractivity contribution in [3.63, 3.8) is 0 Å². The smallest absolute Gasteiger partial charge is 0.251 e. The lowest BCUT2D eigenvalue weighted by molar-refractivity contribution is -0.133. The van der Waals surface area contributed by atoms with Gasteiger partial charge in [-0.25, -0.2) is 4.98 Å². The Kier molecular flexibility index (Phi) is 3.36. The second kappa shape index (κ2) is 5.04. The van der Waals surface area contributed by atoms with Crippen LogP contribution in [0.3, 0.4) is 0 Å². The van der Waals surface area contributed by atoms with Crippen LogP contribution in [0.25, 0.3) is 0 Å². The molecule has 1 aliphatic heterocycles. The van der Waals surface area contributed by atoms with Gasteiger partial charge in [-0.05, 0) is 31.6 Å². The summed E-state index contributed by atoms with van der Waals surface area (Å²) in [6, 6.07) is 1.50. The molecule has 20 heavy (non-hydrogen) atoms. The van der Waals surface area contributed by atoms with E-state index < -0.39 is 0 Å². The molecule has 5 heteroatoms. The minimum absolute atomic E-state index is 0.0468. The van der Waals surface area contributed by atoms with Gasteiger partial charge in [-0.15, -0.1) is 0 Å². The minimum Gasteiger partial charge on any atom is -0.332 e. The molecule has 1 saturated carbocycles. The topological polar surface area (TPSA) is 66.1 Å². The molecule has 1 amide bonds. The van der Waals surface area contributed by atoms with Crippen molar-refractivity contribution in [2.45, 2.75) is 51.5 Å². The molecule has 1 aromatic rings. The molecule has 2 heterocycles. The van der Waals surface area contributed by atoms with Crippen molar-refractivity contribution in [1.82, 2.24) is 14.9 Å². The lowest BCUT2D eigenvalue weighted by Crippen LogP contribution is -2.33. The number of carbonyl (C=O) groups is 1. The number of amides is 1. The summed E-state index contributed by atoms with van der Waals surface area (Å²) in [5.41, 5.74) is 0.680. The molecule has 108 valence electrons. The Morgan fingerprint density at radius 3 is 2.80 bits per heavy atom. The number of aromatic nitrogens is 2. The molecule has 1 atom stereocenters. The molecular weight excluding hydrogens is 254 g/mol. The Labute approximate surface area is 118 Å². The van der Waals surface area contributed by atoms with Crippen LogP contribution in [0.15, 0.2) is 10.9 Å². The summed E-state index contributed by atoms with van der Waals surface area (Å²) >= 11 is 0. The molecule has 5 nitrogen and oxygen atoms in total. The largest absolute Gasteiger partial charge is 0.332 e. The van der Waals surface area contributed by atoms with Crippen molar-refractivity contribution < 1.29 is 4.79 Å². The molecule has 0 bridgehead atoms.